The highest BCUT2D eigenvalue weighted by Crippen LogP contribution is 2.42. The lowest BCUT2D eigenvalue weighted by Gasteiger charge is -2.29. The van der Waals surface area contributed by atoms with Crippen LogP contribution >= 0.6 is 0 Å². The zero-order chi connectivity index (χ0) is 23.4. The Bertz CT molecular complexity index is 1410. The number of anilines is 1. The van der Waals surface area contributed by atoms with E-state index in [1.807, 2.05) is 41.1 Å². The van der Waals surface area contributed by atoms with Crippen LogP contribution in [0, 0.1) is 5.92 Å². The Labute approximate surface area is 196 Å². The number of nitrogens with zero attached hydrogens (tertiary/aromatic N) is 3. The average molecular weight is 461 g/mol. The molecule has 0 bridgehead atoms. The quantitative estimate of drug-likeness (QED) is 0.342. The minimum atomic E-state index is -2.59. The molecule has 2 fully saturated rings. The van der Waals surface area contributed by atoms with Gasteiger partial charge in [-0.15, -0.1) is 0 Å². The van der Waals surface area contributed by atoms with E-state index >= 15 is 0 Å². The number of alkyl halides is 2. The van der Waals surface area contributed by atoms with Crippen molar-refractivity contribution in [2.24, 2.45) is 5.92 Å². The summed E-state index contributed by atoms with van der Waals surface area (Å²) >= 11 is 0. The number of halogens is 2. The van der Waals surface area contributed by atoms with Crippen LogP contribution in [0.3, 0.4) is 0 Å². The monoisotopic (exact) mass is 460 g/mol. The second kappa shape index (κ2) is 7.86. The van der Waals surface area contributed by atoms with E-state index in [9.17, 15) is 13.6 Å². The van der Waals surface area contributed by atoms with Crippen molar-refractivity contribution < 1.29 is 13.6 Å². The van der Waals surface area contributed by atoms with Crippen molar-refractivity contribution in [3.63, 3.8) is 0 Å². The maximum atomic E-state index is 13.8. The van der Waals surface area contributed by atoms with Crippen LogP contribution in [-0.4, -0.2) is 26.2 Å². The van der Waals surface area contributed by atoms with Crippen LogP contribution in [0.1, 0.15) is 61.3 Å². The van der Waals surface area contributed by atoms with Gasteiger partial charge in [-0.2, -0.15) is 0 Å². The number of rotatable bonds is 5. The number of carbonyl (C=O) groups excluding carboxylic acids is 1. The third kappa shape index (κ3) is 3.73. The number of nitrogens with two attached hydrogens (primary N) is 1. The lowest BCUT2D eigenvalue weighted by atomic mass is 9.92. The summed E-state index contributed by atoms with van der Waals surface area (Å²) in [6, 6.07) is 11.8. The summed E-state index contributed by atoms with van der Waals surface area (Å²) < 4.78 is 29.5. The molecule has 2 aliphatic rings. The zero-order valence-electron chi connectivity index (χ0n) is 18.8. The van der Waals surface area contributed by atoms with E-state index in [1.165, 1.54) is 6.33 Å². The summed E-state index contributed by atoms with van der Waals surface area (Å²) in [6.07, 6.45) is 6.85. The predicted octanol–water partition coefficient (Wildman–Crippen LogP) is 6.57. The number of benzene rings is 2. The molecule has 0 unspecified atom stereocenters. The summed E-state index contributed by atoms with van der Waals surface area (Å²) in [4.78, 5) is 21.5. The first-order valence-electron chi connectivity index (χ1n) is 11.9. The fraction of sp³-hybridized carbons (Fsp3) is 0.370. The van der Waals surface area contributed by atoms with Gasteiger partial charge in [-0.05, 0) is 54.0 Å². The van der Waals surface area contributed by atoms with Gasteiger partial charge in [0.15, 0.2) is 5.78 Å². The maximum absolute atomic E-state index is 13.8. The summed E-state index contributed by atoms with van der Waals surface area (Å²) in [5.41, 5.74) is 9.53. The molecule has 174 valence electrons. The van der Waals surface area contributed by atoms with Gasteiger partial charge in [0.05, 0.1) is 5.39 Å². The van der Waals surface area contributed by atoms with Crippen molar-refractivity contribution in [3.8, 4) is 11.1 Å². The van der Waals surface area contributed by atoms with Gasteiger partial charge in [0.2, 0.25) is 5.92 Å². The lowest BCUT2D eigenvalue weighted by Crippen LogP contribution is -2.26. The molecule has 0 radical (unpaired) electrons. The molecule has 7 heteroatoms. The fourth-order valence-electron chi connectivity index (χ4n) is 5.30. The molecule has 4 aromatic rings. The summed E-state index contributed by atoms with van der Waals surface area (Å²) in [7, 11) is 0. The van der Waals surface area contributed by atoms with E-state index in [1.54, 1.807) is 0 Å². The number of hydrogen-bond acceptors (Lipinski definition) is 4. The van der Waals surface area contributed by atoms with E-state index in [0.29, 0.717) is 36.6 Å². The number of nitrogen functional groups attached to an aromatic ring is 1. The summed E-state index contributed by atoms with van der Waals surface area (Å²) in [6.45, 7) is 0. The third-order valence-corrected chi connectivity index (χ3v) is 7.38. The minimum Gasteiger partial charge on any atom is -0.383 e. The maximum Gasteiger partial charge on any atom is 0.248 e. The van der Waals surface area contributed by atoms with Crippen LogP contribution in [0.15, 0.2) is 48.9 Å². The van der Waals surface area contributed by atoms with Gasteiger partial charge in [-0.3, -0.25) is 4.79 Å². The Hall–Kier alpha value is -3.35. The highest BCUT2D eigenvalue weighted by Gasteiger charge is 2.36. The normalized spacial score (nSPS) is 18.5. The molecular weight excluding hydrogens is 434 g/mol. The number of ketones is 1. The molecule has 0 atom stereocenters. The first-order valence-corrected chi connectivity index (χ1v) is 11.9. The molecule has 34 heavy (non-hydrogen) atoms. The first kappa shape index (κ1) is 21.2. The van der Waals surface area contributed by atoms with Crippen molar-refractivity contribution in [2.45, 2.75) is 56.9 Å². The Morgan fingerprint density at radius 2 is 1.88 bits per heavy atom. The number of aromatic nitrogens is 3. The molecule has 2 aromatic heterocycles. The molecule has 0 aliphatic heterocycles. The number of fused-ring (bicyclic) bond motifs is 2. The van der Waals surface area contributed by atoms with E-state index < -0.39 is 5.92 Å². The van der Waals surface area contributed by atoms with E-state index in [2.05, 4.69) is 16.0 Å². The van der Waals surface area contributed by atoms with Crippen LogP contribution in [0.25, 0.3) is 32.9 Å². The second-order valence-electron chi connectivity index (χ2n) is 9.81. The van der Waals surface area contributed by atoms with Crippen LogP contribution in [-0.2, 0) is 0 Å². The second-order valence-corrected chi connectivity index (χ2v) is 9.81. The number of carbonyl (C=O) groups is 1. The van der Waals surface area contributed by atoms with Crippen LogP contribution in [0.2, 0.25) is 0 Å². The molecule has 6 rings (SSSR count). The topological polar surface area (TPSA) is 73.8 Å². The minimum absolute atomic E-state index is 0.0581. The summed E-state index contributed by atoms with van der Waals surface area (Å²) in [5.74, 6) is -1.49. The van der Waals surface area contributed by atoms with Gasteiger partial charge >= 0.3 is 0 Å². The Kier molecular flexibility index (Phi) is 4.90. The van der Waals surface area contributed by atoms with Gasteiger partial charge in [0.1, 0.15) is 17.8 Å². The van der Waals surface area contributed by atoms with Crippen molar-refractivity contribution in [3.05, 3.63) is 54.5 Å². The van der Waals surface area contributed by atoms with Crippen molar-refractivity contribution in [1.82, 2.24) is 14.5 Å². The highest BCUT2D eigenvalue weighted by molar-refractivity contribution is 6.10. The molecule has 0 saturated heterocycles. The summed E-state index contributed by atoms with van der Waals surface area (Å²) in [5, 5.41) is 2.66. The Balaban J connectivity index is 1.43. The van der Waals surface area contributed by atoms with E-state index in [0.717, 1.165) is 45.7 Å². The van der Waals surface area contributed by atoms with Crippen LogP contribution in [0.4, 0.5) is 14.6 Å². The number of hydrogen-bond donors (Lipinski definition) is 1. The molecule has 0 spiro atoms. The largest absolute Gasteiger partial charge is 0.383 e. The molecule has 2 heterocycles. The standard InChI is InChI=1S/C27H26F2N4O/c28-27(29)10-8-19(9-11-27)33-14-22(24-25(30)31-15-32-26(24)33)18-6-7-20-17(13-18)2-1-3-21(20)23(34)12-16-4-5-16/h1-3,6-7,13-16,19H,4-5,8-12H2,(H2,30,31,32). The van der Waals surface area contributed by atoms with Crippen molar-refractivity contribution in [2.75, 3.05) is 5.73 Å². The molecule has 2 N–H and O–H groups in total. The van der Waals surface area contributed by atoms with Gasteiger partial charge in [0.25, 0.3) is 0 Å². The van der Waals surface area contributed by atoms with Gasteiger partial charge in [-0.1, -0.05) is 30.3 Å². The fourth-order valence-corrected chi connectivity index (χ4v) is 5.30. The van der Waals surface area contributed by atoms with Gasteiger partial charge < -0.3 is 10.3 Å². The van der Waals surface area contributed by atoms with Crippen LogP contribution < -0.4 is 5.73 Å². The molecule has 2 aliphatic carbocycles. The molecule has 2 aromatic carbocycles. The van der Waals surface area contributed by atoms with Crippen molar-refractivity contribution in [1.29, 1.82) is 0 Å². The SMILES string of the molecule is Nc1ncnc2c1c(-c1ccc3c(C(=O)CC4CC4)cccc3c1)cn2C1CCC(F)(F)CC1. The highest BCUT2D eigenvalue weighted by atomic mass is 19.3. The Morgan fingerprint density at radius 3 is 2.65 bits per heavy atom. The van der Waals surface area contributed by atoms with E-state index in [-0.39, 0.29) is 24.7 Å². The Morgan fingerprint density at radius 1 is 1.09 bits per heavy atom. The lowest BCUT2D eigenvalue weighted by molar-refractivity contribution is -0.0436. The number of Topliss-reactive ketones (excluding diaryl/α,β-unsaturated/α-hetero) is 1. The molecule has 0 amide bonds. The average Bonchev–Trinajstić information content (AvgIpc) is 3.55. The zero-order valence-corrected chi connectivity index (χ0v) is 18.8. The van der Waals surface area contributed by atoms with E-state index in [4.69, 9.17) is 5.73 Å². The first-order chi connectivity index (χ1) is 16.4. The third-order valence-electron chi connectivity index (χ3n) is 7.38. The van der Waals surface area contributed by atoms with Crippen LogP contribution in [0.5, 0.6) is 0 Å². The van der Waals surface area contributed by atoms with Gasteiger partial charge in [-0.25, -0.2) is 18.7 Å². The van der Waals surface area contributed by atoms with Crippen molar-refractivity contribution >= 4 is 33.4 Å². The smallest absolute Gasteiger partial charge is 0.248 e. The molecule has 2 saturated carbocycles. The van der Waals surface area contributed by atoms with Gasteiger partial charge in [0, 0.05) is 42.6 Å². The molecular formula is C27H26F2N4O. The molecule has 5 nitrogen and oxygen atoms in total. The predicted molar refractivity (Wildman–Crippen MR) is 129 cm³/mol.